The van der Waals surface area contributed by atoms with E-state index < -0.39 is 28.9 Å². The Morgan fingerprint density at radius 1 is 1.00 bits per heavy atom. The Morgan fingerprint density at radius 3 is 2.24 bits per heavy atom. The minimum absolute atomic E-state index is 0.0186. The van der Waals surface area contributed by atoms with Gasteiger partial charge in [0.2, 0.25) is 5.91 Å². The summed E-state index contributed by atoms with van der Waals surface area (Å²) in [5.41, 5.74) is 1.10. The molecule has 25 heavy (non-hydrogen) atoms. The molecule has 0 bridgehead atoms. The molecule has 2 aromatic rings. The maximum atomic E-state index is 13.6. The molecule has 132 valence electrons. The Balaban J connectivity index is 2.02. The van der Waals surface area contributed by atoms with Crippen LogP contribution < -0.4 is 10.2 Å². The maximum absolute atomic E-state index is 13.6. The number of carbonyl (C=O) groups is 2. The number of aryl methyl sites for hydroxylation is 1. The van der Waals surface area contributed by atoms with Gasteiger partial charge in [-0.1, -0.05) is 17.7 Å². The van der Waals surface area contributed by atoms with E-state index in [-0.39, 0.29) is 19.0 Å². The number of rotatable bonds is 5. The normalized spacial score (nSPS) is 10.4. The van der Waals surface area contributed by atoms with Crippen molar-refractivity contribution < 1.29 is 22.8 Å². The number of halogens is 3. The fourth-order valence-corrected chi connectivity index (χ4v) is 2.27. The fraction of sp³-hybridized carbons (Fsp3) is 0.222. The summed E-state index contributed by atoms with van der Waals surface area (Å²) >= 11 is 0. The Hall–Kier alpha value is -2.83. The van der Waals surface area contributed by atoms with E-state index in [4.69, 9.17) is 0 Å². The van der Waals surface area contributed by atoms with Crippen LogP contribution in [0, 0.1) is 24.4 Å². The summed E-state index contributed by atoms with van der Waals surface area (Å²) in [5.74, 6) is -5.71. The van der Waals surface area contributed by atoms with Crippen molar-refractivity contribution in [3.05, 3.63) is 65.0 Å². The van der Waals surface area contributed by atoms with E-state index >= 15 is 0 Å². The van der Waals surface area contributed by atoms with Gasteiger partial charge in [-0.05, 0) is 31.2 Å². The minimum atomic E-state index is -1.70. The molecule has 0 radical (unpaired) electrons. The number of carbonyl (C=O) groups excluding carboxylic acids is 2. The van der Waals surface area contributed by atoms with Crippen molar-refractivity contribution in [1.29, 1.82) is 0 Å². The maximum Gasteiger partial charge on any atom is 0.254 e. The first-order chi connectivity index (χ1) is 11.8. The van der Waals surface area contributed by atoms with Crippen LogP contribution in [0.5, 0.6) is 0 Å². The van der Waals surface area contributed by atoms with Gasteiger partial charge < -0.3 is 10.2 Å². The van der Waals surface area contributed by atoms with Gasteiger partial charge in [0.05, 0.1) is 5.56 Å². The molecule has 1 N–H and O–H groups in total. The lowest BCUT2D eigenvalue weighted by molar-refractivity contribution is -0.116. The van der Waals surface area contributed by atoms with E-state index in [2.05, 4.69) is 5.32 Å². The molecule has 0 spiro atoms. The number of amides is 2. The molecule has 0 aliphatic heterocycles. The zero-order valence-corrected chi connectivity index (χ0v) is 13.8. The topological polar surface area (TPSA) is 49.4 Å². The monoisotopic (exact) mass is 350 g/mol. The van der Waals surface area contributed by atoms with Gasteiger partial charge in [0.15, 0.2) is 17.5 Å². The lowest BCUT2D eigenvalue weighted by Crippen LogP contribution is -2.37. The quantitative estimate of drug-likeness (QED) is 0.842. The summed E-state index contributed by atoms with van der Waals surface area (Å²) < 4.78 is 39.7. The third-order valence-corrected chi connectivity index (χ3v) is 3.63. The van der Waals surface area contributed by atoms with Crippen LogP contribution >= 0.6 is 0 Å². The van der Waals surface area contributed by atoms with Crippen LogP contribution in [0.25, 0.3) is 0 Å². The summed E-state index contributed by atoms with van der Waals surface area (Å²) in [6.45, 7) is 3.47. The molecule has 2 amide bonds. The average molecular weight is 350 g/mol. The van der Waals surface area contributed by atoms with Crippen LogP contribution in [0.3, 0.4) is 0 Å². The van der Waals surface area contributed by atoms with E-state index in [1.165, 1.54) is 11.8 Å². The lowest BCUT2D eigenvalue weighted by Gasteiger charge is -2.21. The summed E-state index contributed by atoms with van der Waals surface area (Å²) in [4.78, 5) is 25.1. The van der Waals surface area contributed by atoms with Crippen molar-refractivity contribution in [1.82, 2.24) is 5.32 Å². The number of hydrogen-bond acceptors (Lipinski definition) is 2. The van der Waals surface area contributed by atoms with Crippen LogP contribution in [-0.4, -0.2) is 24.9 Å². The lowest BCUT2D eigenvalue weighted by atomic mass is 10.2. The second-order valence-corrected chi connectivity index (χ2v) is 5.49. The van der Waals surface area contributed by atoms with Crippen molar-refractivity contribution in [2.45, 2.75) is 13.8 Å². The molecule has 0 fully saturated rings. The second kappa shape index (κ2) is 7.83. The van der Waals surface area contributed by atoms with Gasteiger partial charge in [0, 0.05) is 25.7 Å². The van der Waals surface area contributed by atoms with Gasteiger partial charge in [0.25, 0.3) is 5.91 Å². The molecule has 0 saturated carbocycles. The summed E-state index contributed by atoms with van der Waals surface area (Å²) in [7, 11) is 0. The Kier molecular flexibility index (Phi) is 5.80. The van der Waals surface area contributed by atoms with Crippen LogP contribution in [0.4, 0.5) is 18.9 Å². The van der Waals surface area contributed by atoms with Crippen LogP contribution in [0.2, 0.25) is 0 Å². The average Bonchev–Trinajstić information content (AvgIpc) is 2.57. The third-order valence-electron chi connectivity index (χ3n) is 3.63. The molecular formula is C18H17F3N2O2. The van der Waals surface area contributed by atoms with Crippen molar-refractivity contribution in [2.75, 3.05) is 18.0 Å². The van der Waals surface area contributed by atoms with E-state index in [0.29, 0.717) is 11.8 Å². The van der Waals surface area contributed by atoms with Crippen molar-refractivity contribution in [3.63, 3.8) is 0 Å². The zero-order chi connectivity index (χ0) is 18.6. The SMILES string of the molecule is CC(=O)N(CCNC(=O)c1ccc(F)c(F)c1F)c1ccc(C)cc1. The van der Waals surface area contributed by atoms with Crippen molar-refractivity contribution in [3.8, 4) is 0 Å². The first-order valence-electron chi connectivity index (χ1n) is 7.57. The van der Waals surface area contributed by atoms with Gasteiger partial charge in [-0.2, -0.15) is 0 Å². The first-order valence-corrected chi connectivity index (χ1v) is 7.57. The molecule has 0 saturated heterocycles. The molecular weight excluding hydrogens is 333 g/mol. The Morgan fingerprint density at radius 2 is 1.64 bits per heavy atom. The van der Waals surface area contributed by atoms with E-state index in [1.54, 1.807) is 12.1 Å². The Labute approximate surface area is 143 Å². The van der Waals surface area contributed by atoms with Crippen LogP contribution in [0.15, 0.2) is 36.4 Å². The molecule has 7 heteroatoms. The molecule has 0 aliphatic carbocycles. The molecule has 2 rings (SSSR count). The van der Waals surface area contributed by atoms with Crippen LogP contribution in [-0.2, 0) is 4.79 Å². The molecule has 0 aliphatic rings. The number of benzene rings is 2. The molecule has 0 heterocycles. The first kappa shape index (κ1) is 18.5. The van der Waals surface area contributed by atoms with Gasteiger partial charge in [-0.3, -0.25) is 9.59 Å². The summed E-state index contributed by atoms with van der Waals surface area (Å²) in [6.07, 6.45) is 0. The van der Waals surface area contributed by atoms with Gasteiger partial charge in [0.1, 0.15) is 0 Å². The number of anilines is 1. The van der Waals surface area contributed by atoms with Gasteiger partial charge in [-0.15, -0.1) is 0 Å². The minimum Gasteiger partial charge on any atom is -0.350 e. The second-order valence-electron chi connectivity index (χ2n) is 5.49. The summed E-state index contributed by atoms with van der Waals surface area (Å²) in [6, 6.07) is 8.79. The number of hydrogen-bond donors (Lipinski definition) is 1. The number of nitrogens with zero attached hydrogens (tertiary/aromatic N) is 1. The van der Waals surface area contributed by atoms with Crippen LogP contribution in [0.1, 0.15) is 22.8 Å². The molecule has 0 aromatic heterocycles. The number of nitrogens with one attached hydrogen (secondary N) is 1. The van der Waals surface area contributed by atoms with E-state index in [0.717, 1.165) is 11.6 Å². The highest BCUT2D eigenvalue weighted by Gasteiger charge is 2.19. The van der Waals surface area contributed by atoms with Crippen molar-refractivity contribution in [2.24, 2.45) is 0 Å². The van der Waals surface area contributed by atoms with E-state index in [1.807, 2.05) is 19.1 Å². The molecule has 0 unspecified atom stereocenters. The zero-order valence-electron chi connectivity index (χ0n) is 13.8. The predicted octanol–water partition coefficient (Wildman–Crippen LogP) is 3.20. The van der Waals surface area contributed by atoms with Crippen molar-refractivity contribution >= 4 is 17.5 Å². The standard InChI is InChI=1S/C18H17F3N2O2/c1-11-3-5-13(6-4-11)23(12(2)24)10-9-22-18(25)14-7-8-15(19)17(21)16(14)20/h3-8H,9-10H2,1-2H3,(H,22,25). The van der Waals surface area contributed by atoms with Gasteiger partial charge in [-0.25, -0.2) is 13.2 Å². The molecule has 2 aromatic carbocycles. The highest BCUT2D eigenvalue weighted by atomic mass is 19.2. The summed E-state index contributed by atoms with van der Waals surface area (Å²) in [5, 5.41) is 2.39. The third kappa shape index (κ3) is 4.37. The highest BCUT2D eigenvalue weighted by molar-refractivity contribution is 5.95. The highest BCUT2D eigenvalue weighted by Crippen LogP contribution is 2.16. The largest absolute Gasteiger partial charge is 0.350 e. The Bertz CT molecular complexity index is 792. The smallest absolute Gasteiger partial charge is 0.254 e. The molecule has 0 atom stereocenters. The fourth-order valence-electron chi connectivity index (χ4n) is 2.27. The molecule has 4 nitrogen and oxygen atoms in total. The van der Waals surface area contributed by atoms with Gasteiger partial charge >= 0.3 is 0 Å². The van der Waals surface area contributed by atoms with E-state index in [9.17, 15) is 22.8 Å². The predicted molar refractivity (Wildman–Crippen MR) is 87.9 cm³/mol.